The predicted molar refractivity (Wildman–Crippen MR) is 204 cm³/mol. The molecule has 0 atom stereocenters. The number of hydrogen-bond acceptors (Lipinski definition) is 6. The lowest BCUT2D eigenvalue weighted by molar-refractivity contribution is -0.438. The summed E-state index contributed by atoms with van der Waals surface area (Å²) in [5.41, 5.74) is 0. The molecule has 0 unspecified atom stereocenters. The molecule has 6 nitrogen and oxygen atoms in total. The lowest BCUT2D eigenvalue weighted by Gasteiger charge is -2.41. The zero-order valence-electron chi connectivity index (χ0n) is 30.6. The molecule has 0 N–H and O–H groups in total. The maximum Gasteiger partial charge on any atom is 0.461 e. The van der Waals surface area contributed by atoms with Gasteiger partial charge in [-0.3, -0.25) is 0 Å². The van der Waals surface area contributed by atoms with E-state index in [-0.39, 0.29) is 37.3 Å². The highest BCUT2D eigenvalue weighted by molar-refractivity contribution is 14.1. The molecule has 0 aliphatic heterocycles. The Bertz CT molecular complexity index is 1620. The van der Waals surface area contributed by atoms with Gasteiger partial charge in [0.25, 0.3) is 0 Å². The van der Waals surface area contributed by atoms with Crippen LogP contribution in [-0.4, -0.2) is 43.0 Å². The van der Waals surface area contributed by atoms with Gasteiger partial charge in [0.2, 0.25) is 0 Å². The van der Waals surface area contributed by atoms with Gasteiger partial charge < -0.3 is 9.47 Å². The largest absolute Gasteiger partial charge is 0.494 e. The van der Waals surface area contributed by atoms with Gasteiger partial charge in [0.15, 0.2) is 0 Å². The summed E-state index contributed by atoms with van der Waals surface area (Å²) >= 11 is -0.291. The van der Waals surface area contributed by atoms with Gasteiger partial charge in [0.1, 0.15) is 11.5 Å². The number of hydrogen-bond donors (Lipinski definition) is 0. The molecule has 3 aromatic rings. The van der Waals surface area contributed by atoms with Crippen molar-refractivity contribution in [1.29, 1.82) is 0 Å². The average molecular weight is 943 g/mol. The van der Waals surface area contributed by atoms with Gasteiger partial charge in [-0.05, 0) is 83.8 Å². The van der Waals surface area contributed by atoms with Crippen LogP contribution in [0, 0.1) is 0 Å². The van der Waals surface area contributed by atoms with Gasteiger partial charge in [-0.25, -0.2) is 8.37 Å². The monoisotopic (exact) mass is 942 g/mol. The second kappa shape index (κ2) is 20.9. The first-order chi connectivity index (χ1) is 25.8. The quantitative estimate of drug-likeness (QED) is 0.0346. The summed E-state index contributed by atoms with van der Waals surface area (Å²) in [5.74, 6) is 0.652. The highest BCUT2D eigenvalue weighted by Gasteiger charge is 2.75. The van der Waals surface area contributed by atoms with E-state index in [1.54, 1.807) is 0 Å². The first-order valence-electron chi connectivity index (χ1n) is 18.0. The van der Waals surface area contributed by atoms with Crippen LogP contribution in [0.25, 0.3) is 0 Å². The second-order valence-corrected chi connectivity index (χ2v) is 18.6. The number of ether oxygens (including phenoxy) is 3. The molecule has 3 aromatic carbocycles. The van der Waals surface area contributed by atoms with E-state index in [0.29, 0.717) is 24.7 Å². The maximum absolute atomic E-state index is 15.4. The van der Waals surface area contributed by atoms with Crippen molar-refractivity contribution in [3.63, 3.8) is 0 Å². The van der Waals surface area contributed by atoms with Crippen molar-refractivity contribution in [2.45, 2.75) is 127 Å². The first-order valence-corrected chi connectivity index (χ1v) is 22.1. The molecule has 0 radical (unpaired) electrons. The van der Waals surface area contributed by atoms with Gasteiger partial charge in [0.05, 0.1) is 13.2 Å². The van der Waals surface area contributed by atoms with Crippen molar-refractivity contribution in [2.24, 2.45) is 0 Å². The summed E-state index contributed by atoms with van der Waals surface area (Å²) in [6, 6.07) is 17.9. The van der Waals surface area contributed by atoms with E-state index in [1.807, 2.05) is 0 Å². The molecule has 0 saturated heterocycles. The first kappa shape index (κ1) is 47.0. The third kappa shape index (κ3) is 12.6. The lowest BCUT2D eigenvalue weighted by Crippen LogP contribution is -2.55. The molecular formula is C38H47F8IO6S2. The van der Waals surface area contributed by atoms with Crippen LogP contribution in [0.15, 0.2) is 93.5 Å². The second-order valence-electron chi connectivity index (χ2n) is 12.7. The maximum atomic E-state index is 15.4. The Kier molecular flexibility index (Phi) is 17.9. The van der Waals surface area contributed by atoms with Crippen molar-refractivity contribution in [2.75, 3.05) is 13.2 Å². The van der Waals surface area contributed by atoms with E-state index >= 15 is 8.78 Å². The summed E-state index contributed by atoms with van der Waals surface area (Å²) in [6.07, 6.45) is -0.898. The van der Waals surface area contributed by atoms with Crippen LogP contribution in [0.4, 0.5) is 35.1 Å². The molecule has 310 valence electrons. The minimum atomic E-state index is -7.03. The molecule has 0 heterocycles. The van der Waals surface area contributed by atoms with Crippen molar-refractivity contribution < 1.29 is 61.4 Å². The molecule has 0 amide bonds. The Morgan fingerprint density at radius 1 is 0.527 bits per heavy atom. The Morgan fingerprint density at radius 3 is 1.31 bits per heavy atom. The molecule has 17 heteroatoms. The van der Waals surface area contributed by atoms with E-state index in [9.17, 15) is 34.8 Å². The smallest absolute Gasteiger partial charge is 0.461 e. The van der Waals surface area contributed by atoms with Crippen molar-refractivity contribution >= 4 is 43.0 Å². The van der Waals surface area contributed by atoms with E-state index in [1.165, 1.54) is 78.9 Å². The number of alkyl halides is 9. The molecular weight excluding hydrogens is 895 g/mol. The van der Waals surface area contributed by atoms with Crippen LogP contribution in [0.3, 0.4) is 0 Å². The molecule has 0 fully saturated rings. The van der Waals surface area contributed by atoms with Crippen LogP contribution in [0.1, 0.15) is 90.9 Å². The summed E-state index contributed by atoms with van der Waals surface area (Å²) in [6.45, 7) is 4.90. The molecule has 0 spiro atoms. The van der Waals surface area contributed by atoms with Crippen molar-refractivity contribution in [3.05, 3.63) is 78.9 Å². The van der Waals surface area contributed by atoms with Gasteiger partial charge in [-0.1, -0.05) is 96.3 Å². The highest BCUT2D eigenvalue weighted by Crippen LogP contribution is 2.71. The van der Waals surface area contributed by atoms with E-state index in [2.05, 4.69) is 18.6 Å². The number of benzene rings is 3. The minimum Gasteiger partial charge on any atom is -0.494 e. The van der Waals surface area contributed by atoms with Gasteiger partial charge in [-0.15, -0.1) is 0 Å². The average Bonchev–Trinajstić information content (AvgIpc) is 3.13. The predicted octanol–water partition coefficient (Wildman–Crippen LogP) is 13.5. The minimum absolute atomic E-state index is 0.0794. The molecule has 3 rings (SSSR count). The highest BCUT2D eigenvalue weighted by atomic mass is 127. The summed E-state index contributed by atoms with van der Waals surface area (Å²) in [7, 11) is -11.0. The van der Waals surface area contributed by atoms with E-state index in [4.69, 9.17) is 13.1 Å². The summed E-state index contributed by atoms with van der Waals surface area (Å²) < 4.78 is 156. The topological polar surface area (TPSA) is 71.1 Å². The molecule has 0 saturated carbocycles. The molecule has 0 aliphatic carbocycles. The summed E-state index contributed by atoms with van der Waals surface area (Å²) in [5, 5.41) is -6.61. The fraction of sp³-hybridized carbons (Fsp3) is 0.526. The fourth-order valence-electron chi connectivity index (χ4n) is 5.34. The van der Waals surface area contributed by atoms with Crippen LogP contribution < -0.4 is 9.47 Å². The van der Waals surface area contributed by atoms with Crippen molar-refractivity contribution in [3.8, 4) is 11.5 Å². The van der Waals surface area contributed by atoms with Crippen LogP contribution in [-0.2, 0) is 18.5 Å². The number of rotatable bonds is 26. The van der Waals surface area contributed by atoms with Crippen LogP contribution in [0.5, 0.6) is 11.5 Å². The van der Waals surface area contributed by atoms with Crippen LogP contribution >= 0.6 is 32.9 Å². The Morgan fingerprint density at radius 2 is 0.909 bits per heavy atom. The molecule has 55 heavy (non-hydrogen) atoms. The third-order valence-electron chi connectivity index (χ3n) is 8.35. The Labute approximate surface area is 333 Å². The molecule has 0 aliphatic rings. The Hall–Kier alpha value is -2.35. The van der Waals surface area contributed by atoms with E-state index in [0.717, 1.165) is 77.0 Å². The van der Waals surface area contributed by atoms with E-state index < -0.39 is 41.8 Å². The normalized spacial score (nSPS) is 13.5. The number of halogens is 9. The standard InChI is InChI=1S/C38H47F8IO6S2/c1-3-5-7-9-11-16-28-50-30-20-24-33(25-21-30)54(32-18-14-13-15-19-32,34-26-22-31(23-27-34)51-29-17-12-10-8-6-4-2)53-55(48,49)38(45,46)37(43,44)52-36(41,42)35(39,40)47/h13-15,18-27H,3-12,16-17,28-29H2,1-2H3. The lowest BCUT2D eigenvalue weighted by atomic mass is 10.1. The van der Waals surface area contributed by atoms with Gasteiger partial charge >= 0.3 is 31.5 Å². The van der Waals surface area contributed by atoms with Crippen molar-refractivity contribution in [1.82, 2.24) is 0 Å². The van der Waals surface area contributed by atoms with Gasteiger partial charge in [0, 0.05) is 37.3 Å². The van der Waals surface area contributed by atoms with Crippen LogP contribution in [0.2, 0.25) is 0 Å². The third-order valence-corrected chi connectivity index (χ3v) is 14.2. The zero-order valence-corrected chi connectivity index (χ0v) is 34.4. The molecule has 0 aromatic heterocycles. The fourth-order valence-corrected chi connectivity index (χ4v) is 10.5. The Balaban J connectivity index is 2.08. The van der Waals surface area contributed by atoms with Gasteiger partial charge in [-0.2, -0.15) is 43.5 Å². The number of unbranched alkanes of at least 4 members (excludes halogenated alkanes) is 10. The zero-order chi connectivity index (χ0) is 40.8. The molecule has 0 bridgehead atoms. The SMILES string of the molecule is CCCCCCCCOc1ccc(S(OS(=O)(=O)C(F)(F)C(F)(F)OC(F)(F)C(F)(F)I)(c2ccccc2)c2ccc(OCCCCCCCC)cc2)cc1. The summed E-state index contributed by atoms with van der Waals surface area (Å²) in [4.78, 5) is -0.276.